The van der Waals surface area contributed by atoms with Gasteiger partial charge in [0.15, 0.2) is 0 Å². The summed E-state index contributed by atoms with van der Waals surface area (Å²) in [5.41, 5.74) is 2.15. The van der Waals surface area contributed by atoms with Gasteiger partial charge in [0.1, 0.15) is 5.71 Å². The van der Waals surface area contributed by atoms with Crippen molar-refractivity contribution in [3.8, 4) is 0 Å². The van der Waals surface area contributed by atoms with E-state index < -0.39 is 0 Å². The average Bonchev–Trinajstić information content (AvgIpc) is 2.44. The second-order valence-corrected chi connectivity index (χ2v) is 2.63. The van der Waals surface area contributed by atoms with E-state index in [1.807, 2.05) is 18.2 Å². The molecule has 2 rings (SSSR count). The largest absolute Gasteiger partial charge is 0.323 e. The van der Waals surface area contributed by atoms with Crippen molar-refractivity contribution in [2.24, 2.45) is 10.9 Å². The SMILES string of the molecule is NN=C1C[N+](=O)c2ccccc21. The summed E-state index contributed by atoms with van der Waals surface area (Å²) in [6.07, 6.45) is 0. The van der Waals surface area contributed by atoms with Gasteiger partial charge in [-0.2, -0.15) is 5.10 Å². The lowest BCUT2D eigenvalue weighted by Crippen LogP contribution is -2.06. The Bertz CT molecular complexity index is 370. The van der Waals surface area contributed by atoms with Crippen molar-refractivity contribution < 1.29 is 4.76 Å². The van der Waals surface area contributed by atoms with Gasteiger partial charge in [0.25, 0.3) is 5.69 Å². The number of benzene rings is 1. The van der Waals surface area contributed by atoms with Gasteiger partial charge in [0.2, 0.25) is 6.54 Å². The molecule has 0 radical (unpaired) electrons. The molecule has 12 heavy (non-hydrogen) atoms. The monoisotopic (exact) mass is 162 g/mol. The van der Waals surface area contributed by atoms with Crippen LogP contribution in [-0.4, -0.2) is 17.0 Å². The van der Waals surface area contributed by atoms with Crippen LogP contribution in [0.2, 0.25) is 0 Å². The first-order valence-electron chi connectivity index (χ1n) is 3.64. The van der Waals surface area contributed by atoms with Gasteiger partial charge in [-0.3, -0.25) is 0 Å². The van der Waals surface area contributed by atoms with E-state index in [0.29, 0.717) is 11.4 Å². The van der Waals surface area contributed by atoms with Gasteiger partial charge in [-0.25, -0.2) is 0 Å². The third-order valence-electron chi connectivity index (χ3n) is 1.93. The van der Waals surface area contributed by atoms with Crippen molar-refractivity contribution in [2.45, 2.75) is 0 Å². The number of nitrogens with zero attached hydrogens (tertiary/aromatic N) is 2. The van der Waals surface area contributed by atoms with E-state index in [4.69, 9.17) is 5.84 Å². The molecule has 1 aromatic carbocycles. The molecule has 0 atom stereocenters. The lowest BCUT2D eigenvalue weighted by atomic mass is 10.1. The molecule has 1 aliphatic rings. The van der Waals surface area contributed by atoms with Crippen LogP contribution in [0.15, 0.2) is 29.4 Å². The third-order valence-corrected chi connectivity index (χ3v) is 1.93. The predicted molar refractivity (Wildman–Crippen MR) is 45.3 cm³/mol. The zero-order valence-electron chi connectivity index (χ0n) is 6.40. The van der Waals surface area contributed by atoms with Gasteiger partial charge in [-0.05, 0) is 6.07 Å². The van der Waals surface area contributed by atoms with Gasteiger partial charge >= 0.3 is 0 Å². The standard InChI is InChI=1S/C8H8N3O/c9-10-7-5-11(12)8-4-2-1-3-6(7)8/h1-4H,5,9H2/q+1. The highest BCUT2D eigenvalue weighted by Crippen LogP contribution is 2.24. The first-order valence-corrected chi connectivity index (χ1v) is 3.64. The minimum atomic E-state index is 0.260. The van der Waals surface area contributed by atoms with E-state index >= 15 is 0 Å². The molecule has 60 valence electrons. The minimum Gasteiger partial charge on any atom is -0.323 e. The topological polar surface area (TPSA) is 58.5 Å². The summed E-state index contributed by atoms with van der Waals surface area (Å²) in [7, 11) is 0. The highest BCUT2D eigenvalue weighted by atomic mass is 16.3. The molecule has 0 bridgehead atoms. The summed E-state index contributed by atoms with van der Waals surface area (Å²) >= 11 is 0. The Morgan fingerprint density at radius 2 is 2.17 bits per heavy atom. The first-order chi connectivity index (χ1) is 5.83. The number of nitrogens with two attached hydrogens (primary N) is 1. The maximum Gasteiger partial charge on any atom is 0.265 e. The fourth-order valence-electron chi connectivity index (χ4n) is 1.35. The first kappa shape index (κ1) is 6.97. The molecule has 2 N–H and O–H groups in total. The zero-order valence-corrected chi connectivity index (χ0v) is 6.40. The molecular weight excluding hydrogens is 154 g/mol. The van der Waals surface area contributed by atoms with Crippen molar-refractivity contribution in [1.82, 2.24) is 0 Å². The van der Waals surface area contributed by atoms with Crippen molar-refractivity contribution in [2.75, 3.05) is 6.54 Å². The molecule has 4 nitrogen and oxygen atoms in total. The maximum absolute atomic E-state index is 11.2. The number of para-hydroxylation sites is 1. The van der Waals surface area contributed by atoms with Crippen molar-refractivity contribution >= 4 is 11.4 Å². The quantitative estimate of drug-likeness (QED) is 0.348. The fraction of sp³-hybridized carbons (Fsp3) is 0.125. The summed E-state index contributed by atoms with van der Waals surface area (Å²) in [6.45, 7) is 0.260. The Kier molecular flexibility index (Phi) is 1.40. The second-order valence-electron chi connectivity index (χ2n) is 2.63. The van der Waals surface area contributed by atoms with Crippen LogP contribution in [0.1, 0.15) is 5.56 Å². The Balaban J connectivity index is 2.65. The minimum absolute atomic E-state index is 0.260. The van der Waals surface area contributed by atoms with Gasteiger partial charge < -0.3 is 5.84 Å². The van der Waals surface area contributed by atoms with E-state index in [2.05, 4.69) is 5.10 Å². The smallest absolute Gasteiger partial charge is 0.265 e. The van der Waals surface area contributed by atoms with E-state index in [9.17, 15) is 4.91 Å². The van der Waals surface area contributed by atoms with Gasteiger partial charge in [0.05, 0.1) is 5.56 Å². The predicted octanol–water partition coefficient (Wildman–Crippen LogP) is 0.773. The lowest BCUT2D eigenvalue weighted by molar-refractivity contribution is -0.440. The Labute approximate surface area is 69.3 Å². The van der Waals surface area contributed by atoms with Crippen LogP contribution >= 0.6 is 0 Å². The van der Waals surface area contributed by atoms with E-state index in [1.165, 1.54) is 0 Å². The number of hydrazone groups is 1. The van der Waals surface area contributed by atoms with Crippen LogP contribution in [-0.2, 0) is 0 Å². The third kappa shape index (κ3) is 0.812. The molecule has 0 saturated heterocycles. The van der Waals surface area contributed by atoms with Crippen LogP contribution < -0.4 is 5.84 Å². The molecule has 1 aromatic rings. The summed E-state index contributed by atoms with van der Waals surface area (Å²) < 4.78 is 0.890. The van der Waals surface area contributed by atoms with Crippen molar-refractivity contribution in [3.63, 3.8) is 0 Å². The number of fused-ring (bicyclic) bond motifs is 1. The Morgan fingerprint density at radius 1 is 1.42 bits per heavy atom. The number of hydrogen-bond donors (Lipinski definition) is 1. The molecule has 4 heteroatoms. The second kappa shape index (κ2) is 2.41. The number of hydrogen-bond acceptors (Lipinski definition) is 3. The molecule has 0 aliphatic carbocycles. The molecular formula is C8H8N3O+. The van der Waals surface area contributed by atoms with Crippen LogP contribution in [0, 0.1) is 4.91 Å². The van der Waals surface area contributed by atoms with E-state index in [1.54, 1.807) is 6.07 Å². The normalized spacial score (nSPS) is 18.3. The molecule has 0 amide bonds. The summed E-state index contributed by atoms with van der Waals surface area (Å²) in [4.78, 5) is 11.2. The van der Waals surface area contributed by atoms with E-state index in [-0.39, 0.29) is 6.54 Å². The van der Waals surface area contributed by atoms with Crippen LogP contribution in [0.5, 0.6) is 0 Å². The number of nitroso groups, excluding NO2 is 1. The molecule has 0 spiro atoms. The molecule has 0 fully saturated rings. The molecule has 1 heterocycles. The molecule has 0 saturated carbocycles. The van der Waals surface area contributed by atoms with Crippen molar-refractivity contribution in [3.05, 3.63) is 34.7 Å². The van der Waals surface area contributed by atoms with Crippen LogP contribution in [0.3, 0.4) is 0 Å². The van der Waals surface area contributed by atoms with Crippen LogP contribution in [0.25, 0.3) is 0 Å². The van der Waals surface area contributed by atoms with Gasteiger partial charge in [-0.15, -0.1) is 0 Å². The highest BCUT2D eigenvalue weighted by molar-refractivity contribution is 6.06. The lowest BCUT2D eigenvalue weighted by Gasteiger charge is -1.87. The maximum atomic E-state index is 11.2. The van der Waals surface area contributed by atoms with Crippen molar-refractivity contribution in [1.29, 1.82) is 0 Å². The molecule has 1 aliphatic heterocycles. The zero-order chi connectivity index (χ0) is 8.55. The Hall–Kier alpha value is -1.71. The summed E-state index contributed by atoms with van der Waals surface area (Å²) in [6, 6.07) is 7.30. The summed E-state index contributed by atoms with van der Waals surface area (Å²) in [5.74, 6) is 5.13. The average molecular weight is 162 g/mol. The van der Waals surface area contributed by atoms with Gasteiger partial charge in [0, 0.05) is 15.7 Å². The van der Waals surface area contributed by atoms with E-state index in [0.717, 1.165) is 10.3 Å². The van der Waals surface area contributed by atoms with Gasteiger partial charge in [-0.1, -0.05) is 12.1 Å². The Morgan fingerprint density at radius 3 is 2.92 bits per heavy atom. The van der Waals surface area contributed by atoms with Crippen LogP contribution in [0.4, 0.5) is 5.69 Å². The fourth-order valence-corrected chi connectivity index (χ4v) is 1.35. The number of rotatable bonds is 0. The summed E-state index contributed by atoms with van der Waals surface area (Å²) in [5, 5.41) is 3.55. The highest BCUT2D eigenvalue weighted by Gasteiger charge is 2.32. The molecule has 0 aromatic heterocycles. The molecule has 0 unspecified atom stereocenters.